The second-order valence-electron chi connectivity index (χ2n) is 5.12. The number of nitrogens with zero attached hydrogens (tertiary/aromatic N) is 3. The van der Waals surface area contributed by atoms with Crippen LogP contribution in [0.2, 0.25) is 5.15 Å². The van der Waals surface area contributed by atoms with E-state index in [2.05, 4.69) is 4.98 Å². The van der Waals surface area contributed by atoms with Crippen LogP contribution >= 0.6 is 11.6 Å². The minimum Gasteiger partial charge on any atom is -0.497 e. The molecule has 0 atom stereocenters. The van der Waals surface area contributed by atoms with E-state index in [1.54, 1.807) is 24.0 Å². The minimum absolute atomic E-state index is 0.0286. The van der Waals surface area contributed by atoms with Crippen molar-refractivity contribution in [2.75, 3.05) is 27.2 Å². The summed E-state index contributed by atoms with van der Waals surface area (Å²) in [7, 11) is 3.42. The van der Waals surface area contributed by atoms with Crippen molar-refractivity contribution in [3.8, 4) is 5.75 Å². The zero-order valence-electron chi connectivity index (χ0n) is 12.0. The van der Waals surface area contributed by atoms with E-state index in [0.29, 0.717) is 18.2 Å². The van der Waals surface area contributed by atoms with Crippen molar-refractivity contribution < 1.29 is 9.53 Å². The van der Waals surface area contributed by atoms with E-state index in [0.717, 1.165) is 28.8 Å². The average Bonchev–Trinajstić information content (AvgIpc) is 2.79. The number of hydrogen-bond donors (Lipinski definition) is 0. The Labute approximate surface area is 128 Å². The van der Waals surface area contributed by atoms with Crippen LogP contribution in [-0.2, 0) is 6.54 Å². The van der Waals surface area contributed by atoms with E-state index in [9.17, 15) is 4.79 Å². The van der Waals surface area contributed by atoms with Crippen molar-refractivity contribution in [2.45, 2.75) is 6.54 Å². The summed E-state index contributed by atoms with van der Waals surface area (Å²) < 4.78 is 5.18. The van der Waals surface area contributed by atoms with Crippen LogP contribution in [-0.4, -0.2) is 48.1 Å². The van der Waals surface area contributed by atoms with Crippen LogP contribution in [0.4, 0.5) is 4.79 Å². The Kier molecular flexibility index (Phi) is 3.59. The van der Waals surface area contributed by atoms with Crippen molar-refractivity contribution in [2.24, 2.45) is 0 Å². The average molecular weight is 306 g/mol. The Morgan fingerprint density at radius 3 is 2.81 bits per heavy atom. The number of rotatable bonds is 3. The molecule has 0 spiro atoms. The molecule has 1 aliphatic rings. The highest BCUT2D eigenvalue weighted by atomic mass is 35.5. The molecule has 110 valence electrons. The molecule has 1 aromatic carbocycles. The van der Waals surface area contributed by atoms with E-state index in [-0.39, 0.29) is 6.03 Å². The first kappa shape index (κ1) is 13.9. The molecule has 0 saturated carbocycles. The number of hydrogen-bond acceptors (Lipinski definition) is 3. The summed E-state index contributed by atoms with van der Waals surface area (Å²) in [6, 6.07) is 7.69. The van der Waals surface area contributed by atoms with E-state index in [1.165, 1.54) is 0 Å². The number of amides is 2. The summed E-state index contributed by atoms with van der Waals surface area (Å²) in [6.07, 6.45) is 0. The van der Waals surface area contributed by atoms with Gasteiger partial charge in [-0.1, -0.05) is 11.6 Å². The third-order valence-electron chi connectivity index (χ3n) is 3.71. The zero-order valence-corrected chi connectivity index (χ0v) is 12.7. The number of carbonyl (C=O) groups excluding carboxylic acids is 1. The maximum Gasteiger partial charge on any atom is 0.320 e. The molecule has 1 aromatic heterocycles. The number of carbonyl (C=O) groups is 1. The van der Waals surface area contributed by atoms with Gasteiger partial charge in [0.25, 0.3) is 0 Å². The van der Waals surface area contributed by atoms with Gasteiger partial charge in [0, 0.05) is 37.2 Å². The van der Waals surface area contributed by atoms with Gasteiger partial charge in [0.05, 0.1) is 19.2 Å². The first-order valence-electron chi connectivity index (χ1n) is 6.71. The second-order valence-corrected chi connectivity index (χ2v) is 5.48. The number of aromatic nitrogens is 1. The number of urea groups is 1. The summed E-state index contributed by atoms with van der Waals surface area (Å²) >= 11 is 6.26. The van der Waals surface area contributed by atoms with E-state index in [4.69, 9.17) is 16.3 Å². The highest BCUT2D eigenvalue weighted by Gasteiger charge is 2.25. The molecule has 0 unspecified atom stereocenters. The van der Waals surface area contributed by atoms with Crippen molar-refractivity contribution in [1.82, 2.24) is 14.8 Å². The number of pyridine rings is 1. The van der Waals surface area contributed by atoms with Crippen LogP contribution < -0.4 is 4.74 Å². The maximum absolute atomic E-state index is 11.9. The summed E-state index contributed by atoms with van der Waals surface area (Å²) in [6.45, 7) is 1.94. The molecular formula is C15H16ClN3O2. The van der Waals surface area contributed by atoms with Gasteiger partial charge in [0.1, 0.15) is 10.9 Å². The van der Waals surface area contributed by atoms with Gasteiger partial charge < -0.3 is 14.5 Å². The van der Waals surface area contributed by atoms with E-state index in [1.807, 2.05) is 24.3 Å². The molecule has 3 rings (SSSR count). The van der Waals surface area contributed by atoms with Crippen molar-refractivity contribution in [1.29, 1.82) is 0 Å². The van der Waals surface area contributed by atoms with Crippen molar-refractivity contribution in [3.63, 3.8) is 0 Å². The molecular weight excluding hydrogens is 290 g/mol. The first-order chi connectivity index (χ1) is 10.1. The molecule has 21 heavy (non-hydrogen) atoms. The molecule has 1 fully saturated rings. The minimum atomic E-state index is 0.0286. The standard InChI is InChI=1S/C15H16ClN3O2/c1-18-5-6-19(15(18)20)9-11-7-10-3-4-12(21-2)8-13(10)17-14(11)16/h3-4,7-8H,5-6,9H2,1-2H3. The monoisotopic (exact) mass is 305 g/mol. The summed E-state index contributed by atoms with van der Waals surface area (Å²) in [5.41, 5.74) is 1.64. The maximum atomic E-state index is 11.9. The summed E-state index contributed by atoms with van der Waals surface area (Å²) in [5, 5.41) is 1.41. The fourth-order valence-electron chi connectivity index (χ4n) is 2.46. The Balaban J connectivity index is 1.92. The summed E-state index contributed by atoms with van der Waals surface area (Å²) in [5.74, 6) is 0.746. The topological polar surface area (TPSA) is 45.7 Å². The number of fused-ring (bicyclic) bond motifs is 1. The molecule has 2 heterocycles. The van der Waals surface area contributed by atoms with Crippen molar-refractivity contribution >= 4 is 28.5 Å². The molecule has 6 heteroatoms. The fourth-order valence-corrected chi connectivity index (χ4v) is 2.67. The predicted octanol–water partition coefficient (Wildman–Crippen LogP) is 2.76. The van der Waals surface area contributed by atoms with Gasteiger partial charge in [-0.25, -0.2) is 9.78 Å². The Morgan fingerprint density at radius 1 is 1.33 bits per heavy atom. The lowest BCUT2D eigenvalue weighted by Gasteiger charge is -2.17. The lowest BCUT2D eigenvalue weighted by Crippen LogP contribution is -2.29. The van der Waals surface area contributed by atoms with Gasteiger partial charge in [-0.3, -0.25) is 0 Å². The van der Waals surface area contributed by atoms with Gasteiger partial charge >= 0.3 is 6.03 Å². The highest BCUT2D eigenvalue weighted by Crippen LogP contribution is 2.25. The fraction of sp³-hybridized carbons (Fsp3) is 0.333. The smallest absolute Gasteiger partial charge is 0.320 e. The highest BCUT2D eigenvalue weighted by molar-refractivity contribution is 6.30. The Morgan fingerprint density at radius 2 is 2.14 bits per heavy atom. The second kappa shape index (κ2) is 5.41. The zero-order chi connectivity index (χ0) is 15.0. The van der Waals surface area contributed by atoms with Crippen LogP contribution in [0, 0.1) is 0 Å². The molecule has 0 bridgehead atoms. The first-order valence-corrected chi connectivity index (χ1v) is 7.09. The molecule has 2 aromatic rings. The molecule has 1 aliphatic heterocycles. The van der Waals surface area contributed by atoms with Crippen LogP contribution in [0.5, 0.6) is 5.75 Å². The quantitative estimate of drug-likeness (QED) is 0.819. The van der Waals surface area contributed by atoms with Crippen molar-refractivity contribution in [3.05, 3.63) is 35.0 Å². The van der Waals surface area contributed by atoms with Gasteiger partial charge in [0.15, 0.2) is 0 Å². The van der Waals surface area contributed by atoms with Crippen LogP contribution in [0.25, 0.3) is 10.9 Å². The number of benzene rings is 1. The lowest BCUT2D eigenvalue weighted by atomic mass is 10.1. The molecule has 2 amide bonds. The Hall–Kier alpha value is -2.01. The van der Waals surface area contributed by atoms with Crippen LogP contribution in [0.1, 0.15) is 5.56 Å². The molecule has 0 aliphatic carbocycles. The van der Waals surface area contributed by atoms with Gasteiger partial charge in [-0.2, -0.15) is 0 Å². The lowest BCUT2D eigenvalue weighted by molar-refractivity contribution is 0.197. The predicted molar refractivity (Wildman–Crippen MR) is 81.7 cm³/mol. The third kappa shape index (κ3) is 2.61. The van der Waals surface area contributed by atoms with Gasteiger partial charge in [0.2, 0.25) is 0 Å². The van der Waals surface area contributed by atoms with Gasteiger partial charge in [-0.15, -0.1) is 0 Å². The Bertz CT molecular complexity index is 705. The largest absolute Gasteiger partial charge is 0.497 e. The van der Waals surface area contributed by atoms with Crippen LogP contribution in [0.3, 0.4) is 0 Å². The molecule has 0 N–H and O–H groups in total. The molecule has 0 radical (unpaired) electrons. The number of methoxy groups -OCH3 is 1. The van der Waals surface area contributed by atoms with E-state index >= 15 is 0 Å². The molecule has 1 saturated heterocycles. The SMILES string of the molecule is COc1ccc2cc(CN3CCN(C)C3=O)c(Cl)nc2c1. The third-order valence-corrected chi connectivity index (χ3v) is 4.04. The van der Waals surface area contributed by atoms with Gasteiger partial charge in [-0.05, 0) is 18.2 Å². The molecule has 5 nitrogen and oxygen atoms in total. The van der Waals surface area contributed by atoms with Crippen LogP contribution in [0.15, 0.2) is 24.3 Å². The summed E-state index contributed by atoms with van der Waals surface area (Å²) in [4.78, 5) is 19.8. The number of halogens is 1. The van der Waals surface area contributed by atoms with E-state index < -0.39 is 0 Å². The normalized spacial score (nSPS) is 15.1. The number of likely N-dealkylation sites (N-methyl/N-ethyl adjacent to an activating group) is 1. The number of ether oxygens (including phenoxy) is 1.